The zero-order valence-corrected chi connectivity index (χ0v) is 8.73. The van der Waals surface area contributed by atoms with Crippen molar-refractivity contribution in [2.45, 2.75) is 38.8 Å². The topological polar surface area (TPSA) is 69.6 Å². The third-order valence-corrected chi connectivity index (χ3v) is 1.79. The predicted molar refractivity (Wildman–Crippen MR) is 54.7 cm³/mol. The van der Waals surface area contributed by atoms with Crippen molar-refractivity contribution in [1.82, 2.24) is 5.32 Å². The smallest absolute Gasteiger partial charge is 0.217 e. The van der Waals surface area contributed by atoms with E-state index in [0.717, 1.165) is 12.8 Å². The van der Waals surface area contributed by atoms with Crippen LogP contribution in [0.2, 0.25) is 0 Å². The van der Waals surface area contributed by atoms with Gasteiger partial charge in [0.05, 0.1) is 18.8 Å². The molecule has 0 aromatic heterocycles. The van der Waals surface area contributed by atoms with Crippen molar-refractivity contribution in [3.8, 4) is 0 Å². The van der Waals surface area contributed by atoms with Gasteiger partial charge in [0.15, 0.2) is 0 Å². The molecule has 0 aliphatic carbocycles. The molecule has 82 valence electrons. The number of aliphatic hydroxyl groups is 2. The maximum Gasteiger partial charge on any atom is 0.217 e. The Morgan fingerprint density at radius 3 is 2.64 bits per heavy atom. The van der Waals surface area contributed by atoms with Crippen molar-refractivity contribution >= 4 is 5.91 Å². The standard InChI is InChI=1S/C10H19NO3/c1-3-4-5-6-10(14)9(7-12)11-8(2)13/h5-6,9-10,12,14H,3-4,7H2,1-2H3,(H,11,13)/t9-,10+/m0/s1. The Kier molecular flexibility index (Phi) is 7.06. The monoisotopic (exact) mass is 201 g/mol. The minimum Gasteiger partial charge on any atom is -0.394 e. The van der Waals surface area contributed by atoms with Crippen LogP contribution in [0.25, 0.3) is 0 Å². The number of nitrogens with one attached hydrogen (secondary N) is 1. The summed E-state index contributed by atoms with van der Waals surface area (Å²) in [6.45, 7) is 3.12. The zero-order valence-electron chi connectivity index (χ0n) is 8.73. The molecule has 4 heteroatoms. The van der Waals surface area contributed by atoms with Gasteiger partial charge in [0.2, 0.25) is 5.91 Å². The van der Waals surface area contributed by atoms with Crippen molar-refractivity contribution < 1.29 is 15.0 Å². The van der Waals surface area contributed by atoms with Gasteiger partial charge in [0.1, 0.15) is 0 Å². The Hall–Kier alpha value is -0.870. The molecule has 3 N–H and O–H groups in total. The lowest BCUT2D eigenvalue weighted by Crippen LogP contribution is -2.44. The number of unbranched alkanes of at least 4 members (excludes halogenated alkanes) is 1. The first-order valence-corrected chi connectivity index (χ1v) is 4.84. The molecule has 0 unspecified atom stereocenters. The summed E-state index contributed by atoms with van der Waals surface area (Å²) in [5.74, 6) is -0.257. The number of carbonyl (C=O) groups is 1. The Balaban J connectivity index is 4.02. The van der Waals surface area contributed by atoms with E-state index in [2.05, 4.69) is 5.32 Å². The van der Waals surface area contributed by atoms with Crippen LogP contribution in [0, 0.1) is 0 Å². The van der Waals surface area contributed by atoms with Gasteiger partial charge in [-0.15, -0.1) is 0 Å². The van der Waals surface area contributed by atoms with Crippen LogP contribution < -0.4 is 5.32 Å². The van der Waals surface area contributed by atoms with Gasteiger partial charge in [-0.3, -0.25) is 4.79 Å². The molecule has 2 atom stereocenters. The van der Waals surface area contributed by atoms with Gasteiger partial charge >= 0.3 is 0 Å². The van der Waals surface area contributed by atoms with Gasteiger partial charge in [0, 0.05) is 6.92 Å². The van der Waals surface area contributed by atoms with Gasteiger partial charge in [-0.25, -0.2) is 0 Å². The summed E-state index contributed by atoms with van der Waals surface area (Å²) < 4.78 is 0. The minimum absolute atomic E-state index is 0.257. The van der Waals surface area contributed by atoms with Crippen LogP contribution in [-0.4, -0.2) is 34.9 Å². The fraction of sp³-hybridized carbons (Fsp3) is 0.700. The second kappa shape index (κ2) is 7.53. The van der Waals surface area contributed by atoms with Crippen LogP contribution >= 0.6 is 0 Å². The van der Waals surface area contributed by atoms with Crippen molar-refractivity contribution in [3.63, 3.8) is 0 Å². The first-order valence-electron chi connectivity index (χ1n) is 4.84. The van der Waals surface area contributed by atoms with Crippen LogP contribution in [0.4, 0.5) is 0 Å². The molecular weight excluding hydrogens is 182 g/mol. The number of carbonyl (C=O) groups excluding carboxylic acids is 1. The SMILES string of the molecule is CCCC=C[C@@H](O)[C@H](CO)NC(C)=O. The summed E-state index contributed by atoms with van der Waals surface area (Å²) in [6, 6.07) is -0.611. The van der Waals surface area contributed by atoms with Crippen molar-refractivity contribution in [2.24, 2.45) is 0 Å². The highest BCUT2D eigenvalue weighted by molar-refractivity contribution is 5.73. The highest BCUT2D eigenvalue weighted by atomic mass is 16.3. The van der Waals surface area contributed by atoms with Crippen molar-refractivity contribution in [1.29, 1.82) is 0 Å². The van der Waals surface area contributed by atoms with E-state index in [1.165, 1.54) is 6.92 Å². The Bertz CT molecular complexity index is 192. The molecule has 0 radical (unpaired) electrons. The van der Waals surface area contributed by atoms with Gasteiger partial charge in [0.25, 0.3) is 0 Å². The lowest BCUT2D eigenvalue weighted by Gasteiger charge is -2.18. The molecule has 0 heterocycles. The second-order valence-corrected chi connectivity index (χ2v) is 3.20. The molecule has 0 aromatic carbocycles. The number of rotatable bonds is 6. The molecule has 0 saturated carbocycles. The molecule has 0 aliphatic rings. The zero-order chi connectivity index (χ0) is 11.0. The van der Waals surface area contributed by atoms with Crippen LogP contribution in [0.1, 0.15) is 26.7 Å². The average molecular weight is 201 g/mol. The quantitative estimate of drug-likeness (QED) is 0.538. The molecule has 0 saturated heterocycles. The van der Waals surface area contributed by atoms with E-state index in [1.807, 2.05) is 13.0 Å². The van der Waals surface area contributed by atoms with E-state index in [0.29, 0.717) is 0 Å². The molecule has 0 aromatic rings. The molecule has 0 bridgehead atoms. The largest absolute Gasteiger partial charge is 0.394 e. The summed E-state index contributed by atoms with van der Waals surface area (Å²) in [7, 11) is 0. The normalized spacial score (nSPS) is 15.4. The first-order chi connectivity index (χ1) is 6.61. The van der Waals surface area contributed by atoms with E-state index < -0.39 is 12.1 Å². The molecular formula is C10H19NO3. The molecule has 0 spiro atoms. The summed E-state index contributed by atoms with van der Waals surface area (Å²) in [5, 5.41) is 20.9. The molecule has 14 heavy (non-hydrogen) atoms. The number of hydrogen-bond acceptors (Lipinski definition) is 3. The first kappa shape index (κ1) is 13.1. The summed E-state index contributed by atoms with van der Waals surface area (Å²) in [6.07, 6.45) is 4.51. The van der Waals surface area contributed by atoms with Crippen molar-refractivity contribution in [3.05, 3.63) is 12.2 Å². The Labute approximate surface area is 84.6 Å². The van der Waals surface area contributed by atoms with Crippen LogP contribution in [-0.2, 0) is 4.79 Å². The number of aliphatic hydroxyl groups excluding tert-OH is 2. The summed E-state index contributed by atoms with van der Waals surface area (Å²) in [5.41, 5.74) is 0. The molecule has 1 amide bonds. The molecule has 0 aliphatic heterocycles. The molecule has 0 fully saturated rings. The van der Waals surface area contributed by atoms with Gasteiger partial charge in [-0.2, -0.15) is 0 Å². The fourth-order valence-corrected chi connectivity index (χ4v) is 1.04. The number of allylic oxidation sites excluding steroid dienone is 1. The van der Waals surface area contributed by atoms with E-state index >= 15 is 0 Å². The predicted octanol–water partition coefficient (Wildman–Crippen LogP) is 0.201. The number of hydrogen-bond donors (Lipinski definition) is 3. The van der Waals surface area contributed by atoms with Gasteiger partial charge in [-0.05, 0) is 6.42 Å². The summed E-state index contributed by atoms with van der Waals surface area (Å²) >= 11 is 0. The van der Waals surface area contributed by atoms with Crippen LogP contribution in [0.5, 0.6) is 0 Å². The average Bonchev–Trinajstić information content (AvgIpc) is 2.14. The van der Waals surface area contributed by atoms with E-state index in [1.54, 1.807) is 6.08 Å². The lowest BCUT2D eigenvalue weighted by atomic mass is 10.1. The number of amides is 1. The molecule has 4 nitrogen and oxygen atoms in total. The highest BCUT2D eigenvalue weighted by Crippen LogP contribution is 1.98. The summed E-state index contributed by atoms with van der Waals surface area (Å²) in [4.78, 5) is 10.7. The third-order valence-electron chi connectivity index (χ3n) is 1.79. The Morgan fingerprint density at radius 1 is 1.57 bits per heavy atom. The van der Waals surface area contributed by atoms with E-state index in [4.69, 9.17) is 5.11 Å². The minimum atomic E-state index is -0.824. The second-order valence-electron chi connectivity index (χ2n) is 3.20. The third kappa shape index (κ3) is 5.72. The maximum atomic E-state index is 10.7. The van der Waals surface area contributed by atoms with Crippen LogP contribution in [0.3, 0.4) is 0 Å². The fourth-order valence-electron chi connectivity index (χ4n) is 1.04. The van der Waals surface area contributed by atoms with E-state index in [9.17, 15) is 9.90 Å². The van der Waals surface area contributed by atoms with Crippen molar-refractivity contribution in [2.75, 3.05) is 6.61 Å². The lowest BCUT2D eigenvalue weighted by molar-refractivity contribution is -0.120. The van der Waals surface area contributed by atoms with E-state index in [-0.39, 0.29) is 12.5 Å². The molecule has 0 rings (SSSR count). The maximum absolute atomic E-state index is 10.7. The van der Waals surface area contributed by atoms with Gasteiger partial charge < -0.3 is 15.5 Å². The highest BCUT2D eigenvalue weighted by Gasteiger charge is 2.15. The van der Waals surface area contributed by atoms with Crippen LogP contribution in [0.15, 0.2) is 12.2 Å². The Morgan fingerprint density at radius 2 is 2.21 bits per heavy atom. The van der Waals surface area contributed by atoms with Gasteiger partial charge in [-0.1, -0.05) is 25.5 Å².